The van der Waals surface area contributed by atoms with Crippen molar-refractivity contribution in [1.29, 1.82) is 0 Å². The lowest BCUT2D eigenvalue weighted by Crippen LogP contribution is -2.57. The summed E-state index contributed by atoms with van der Waals surface area (Å²) in [6.45, 7) is 13.5. The van der Waals surface area contributed by atoms with Crippen LogP contribution in [0.1, 0.15) is 51.7 Å². The van der Waals surface area contributed by atoms with Gasteiger partial charge < -0.3 is 19.8 Å². The zero-order valence-corrected chi connectivity index (χ0v) is 25.4. The molecule has 0 radical (unpaired) electrons. The van der Waals surface area contributed by atoms with Crippen LogP contribution >= 0.6 is 11.8 Å². The van der Waals surface area contributed by atoms with Crippen LogP contribution in [-0.2, 0) is 14.4 Å². The van der Waals surface area contributed by atoms with Gasteiger partial charge in [-0.1, -0.05) is 57.2 Å². The maximum absolute atomic E-state index is 14.8. The molecule has 0 saturated carbocycles. The van der Waals surface area contributed by atoms with Crippen LogP contribution in [0.4, 0.5) is 5.69 Å². The van der Waals surface area contributed by atoms with E-state index in [-0.39, 0.29) is 30.2 Å². The number of aliphatic hydroxyl groups is 1. The summed E-state index contributed by atoms with van der Waals surface area (Å²) in [6, 6.07) is 4.75. The van der Waals surface area contributed by atoms with E-state index in [0.29, 0.717) is 26.1 Å². The lowest BCUT2D eigenvalue weighted by atomic mass is 9.74. The minimum atomic E-state index is -0.917. The zero-order valence-electron chi connectivity index (χ0n) is 24.6. The van der Waals surface area contributed by atoms with E-state index in [1.807, 2.05) is 43.0 Å². The first-order chi connectivity index (χ1) is 19.0. The molecule has 7 nitrogen and oxygen atoms in total. The molecule has 0 aliphatic carbocycles. The molecular formula is C32H43N3O4S. The fourth-order valence-corrected chi connectivity index (χ4v) is 9.57. The predicted molar refractivity (Wildman–Crippen MR) is 160 cm³/mol. The Morgan fingerprint density at radius 1 is 1.02 bits per heavy atom. The van der Waals surface area contributed by atoms with Gasteiger partial charge in [-0.2, -0.15) is 0 Å². The van der Waals surface area contributed by atoms with Gasteiger partial charge >= 0.3 is 0 Å². The molecule has 40 heavy (non-hydrogen) atoms. The van der Waals surface area contributed by atoms with Crippen LogP contribution < -0.4 is 4.90 Å². The number of fused-ring (bicyclic) bond motifs is 2. The van der Waals surface area contributed by atoms with E-state index >= 15 is 0 Å². The zero-order chi connectivity index (χ0) is 29.0. The van der Waals surface area contributed by atoms with Crippen molar-refractivity contribution in [1.82, 2.24) is 9.80 Å². The van der Waals surface area contributed by atoms with E-state index in [2.05, 4.69) is 45.9 Å². The summed E-state index contributed by atoms with van der Waals surface area (Å²) < 4.78 is -1.55. The number of amides is 3. The molecule has 4 aliphatic rings. The smallest absolute Gasteiger partial charge is 0.251 e. The van der Waals surface area contributed by atoms with Gasteiger partial charge in [0.05, 0.1) is 29.2 Å². The highest BCUT2D eigenvalue weighted by atomic mass is 32.2. The second-order valence-corrected chi connectivity index (χ2v) is 14.3. The Kier molecular flexibility index (Phi) is 7.72. The Morgan fingerprint density at radius 3 is 2.42 bits per heavy atom. The number of aliphatic hydroxyl groups excluding tert-OH is 1. The van der Waals surface area contributed by atoms with Crippen molar-refractivity contribution in [2.75, 3.05) is 31.1 Å². The number of carbonyl (C=O) groups is 3. The summed E-state index contributed by atoms with van der Waals surface area (Å²) >= 11 is 1.60. The van der Waals surface area contributed by atoms with Crippen molar-refractivity contribution < 1.29 is 19.5 Å². The second-order valence-electron chi connectivity index (χ2n) is 12.5. The van der Waals surface area contributed by atoms with E-state index in [1.165, 1.54) is 0 Å². The van der Waals surface area contributed by atoms with Crippen molar-refractivity contribution in [2.45, 2.75) is 76.0 Å². The molecule has 216 valence electrons. The third-order valence-electron chi connectivity index (χ3n) is 9.07. The van der Waals surface area contributed by atoms with Gasteiger partial charge in [-0.3, -0.25) is 14.4 Å². The minimum absolute atomic E-state index is 0.0152. The minimum Gasteiger partial charge on any atom is -0.394 e. The molecule has 1 unspecified atom stereocenters. The molecule has 3 amide bonds. The van der Waals surface area contributed by atoms with Gasteiger partial charge in [0, 0.05) is 30.1 Å². The summed E-state index contributed by atoms with van der Waals surface area (Å²) in [7, 11) is 0. The number of anilines is 1. The van der Waals surface area contributed by atoms with E-state index in [1.54, 1.807) is 21.6 Å². The van der Waals surface area contributed by atoms with Crippen molar-refractivity contribution in [3.05, 3.63) is 53.6 Å². The van der Waals surface area contributed by atoms with Crippen molar-refractivity contribution in [3.63, 3.8) is 0 Å². The van der Waals surface area contributed by atoms with Gasteiger partial charge in [0.15, 0.2) is 0 Å². The first-order valence-corrected chi connectivity index (χ1v) is 15.5. The number of aryl methyl sites for hydroxylation is 2. The number of rotatable bonds is 7. The van der Waals surface area contributed by atoms with E-state index < -0.39 is 33.4 Å². The number of hydrogen-bond acceptors (Lipinski definition) is 5. The summed E-state index contributed by atoms with van der Waals surface area (Å²) in [5.74, 6) is -1.42. The van der Waals surface area contributed by atoms with Gasteiger partial charge in [0.2, 0.25) is 11.8 Å². The highest BCUT2D eigenvalue weighted by molar-refractivity contribution is 8.02. The van der Waals surface area contributed by atoms with Crippen LogP contribution in [0.5, 0.6) is 0 Å². The molecule has 5 rings (SSSR count). The molecule has 4 heterocycles. The molecule has 1 aromatic carbocycles. The van der Waals surface area contributed by atoms with Gasteiger partial charge in [0.1, 0.15) is 6.04 Å². The first kappa shape index (κ1) is 28.9. The Bertz CT molecular complexity index is 1260. The Balaban J connectivity index is 1.69. The molecule has 0 bridgehead atoms. The first-order valence-electron chi connectivity index (χ1n) is 14.6. The van der Waals surface area contributed by atoms with Gasteiger partial charge in [-0.05, 0) is 56.7 Å². The number of carbonyl (C=O) groups excluding carboxylic acids is 3. The molecular weight excluding hydrogens is 522 g/mol. The van der Waals surface area contributed by atoms with Crippen molar-refractivity contribution in [3.8, 4) is 0 Å². The fraction of sp³-hybridized carbons (Fsp3) is 0.594. The van der Waals surface area contributed by atoms with Crippen LogP contribution in [0.25, 0.3) is 0 Å². The molecule has 8 heteroatoms. The quantitative estimate of drug-likeness (QED) is 0.504. The van der Waals surface area contributed by atoms with Crippen LogP contribution in [0.2, 0.25) is 0 Å². The van der Waals surface area contributed by atoms with E-state index in [0.717, 1.165) is 23.2 Å². The fourth-order valence-electron chi connectivity index (χ4n) is 7.42. The van der Waals surface area contributed by atoms with Crippen molar-refractivity contribution >= 4 is 35.2 Å². The molecule has 2 fully saturated rings. The molecule has 1 aromatic rings. The summed E-state index contributed by atoms with van der Waals surface area (Å²) in [4.78, 5) is 49.0. The van der Waals surface area contributed by atoms with Crippen LogP contribution in [0.3, 0.4) is 0 Å². The number of thioether (sulfide) groups is 1. The lowest BCUT2D eigenvalue weighted by Gasteiger charge is -2.40. The number of hydrogen-bond donors (Lipinski definition) is 1. The molecule has 1 spiro atoms. The third-order valence-corrected chi connectivity index (χ3v) is 10.9. The van der Waals surface area contributed by atoms with Gasteiger partial charge in [0.25, 0.3) is 5.91 Å². The largest absolute Gasteiger partial charge is 0.394 e. The molecule has 1 N–H and O–H groups in total. The SMILES string of the molecule is CCCN1CC=C[C@]2(C)S[C@]34C=CCN(c5cc(C)ccc5C)C(=O)C3N([C@@H](CO)CC(C)C)C(=O)[C@@H]4[C@@H]2C1=O. The normalized spacial score (nSPS) is 32.4. The summed E-state index contributed by atoms with van der Waals surface area (Å²) in [5, 5.41) is 10.6. The highest BCUT2D eigenvalue weighted by Crippen LogP contribution is 2.66. The average molecular weight is 566 g/mol. The maximum atomic E-state index is 14.8. The molecule has 0 aromatic heterocycles. The molecule has 2 saturated heterocycles. The lowest BCUT2D eigenvalue weighted by molar-refractivity contribution is -0.145. The van der Waals surface area contributed by atoms with Gasteiger partial charge in [-0.15, -0.1) is 11.8 Å². The van der Waals surface area contributed by atoms with E-state index in [9.17, 15) is 19.5 Å². The number of likely N-dealkylation sites (tertiary alicyclic amines) is 1. The summed E-state index contributed by atoms with van der Waals surface area (Å²) in [5.41, 5.74) is 2.87. The second kappa shape index (κ2) is 10.7. The Morgan fingerprint density at radius 2 is 1.75 bits per heavy atom. The monoisotopic (exact) mass is 565 g/mol. The van der Waals surface area contributed by atoms with Crippen LogP contribution in [-0.4, -0.2) is 80.4 Å². The van der Waals surface area contributed by atoms with E-state index in [4.69, 9.17) is 0 Å². The molecule has 6 atom stereocenters. The maximum Gasteiger partial charge on any atom is 0.251 e. The Hall–Kier alpha value is -2.58. The Labute approximate surface area is 242 Å². The standard InChI is InChI=1S/C32H43N3O4S/c1-7-14-33-15-8-12-31(6)25(28(33)37)26-29(38)35(23(19-36)17-20(2)3)27-30(39)34(16-9-13-32(26,27)40-31)24-18-21(4)10-11-22(24)5/h8-13,18,20,23,25-27,36H,7,14-17,19H2,1-6H3/t23-,25-,26+,27?,31+,32+/m1/s1. The summed E-state index contributed by atoms with van der Waals surface area (Å²) in [6.07, 6.45) is 9.63. The van der Waals surface area contributed by atoms with Crippen molar-refractivity contribution in [2.24, 2.45) is 17.8 Å². The average Bonchev–Trinajstić information content (AvgIpc) is 3.18. The highest BCUT2D eigenvalue weighted by Gasteiger charge is 2.74. The third kappa shape index (κ3) is 4.42. The van der Waals surface area contributed by atoms with Gasteiger partial charge in [-0.25, -0.2) is 0 Å². The topological polar surface area (TPSA) is 81.2 Å². The predicted octanol–water partition coefficient (Wildman–Crippen LogP) is 4.11. The molecule has 4 aliphatic heterocycles. The number of nitrogens with zero attached hydrogens (tertiary/aromatic N) is 3. The van der Waals surface area contributed by atoms with Crippen LogP contribution in [0.15, 0.2) is 42.5 Å². The van der Waals surface area contributed by atoms with Crippen LogP contribution in [0, 0.1) is 31.6 Å². The number of benzene rings is 1.